The van der Waals surface area contributed by atoms with Crippen molar-refractivity contribution in [2.45, 2.75) is 12.5 Å². The smallest absolute Gasteiger partial charge is 0.131 e. The second kappa shape index (κ2) is 5.56. The normalized spacial score (nSPS) is 19.9. The molecule has 1 atom stereocenters. The first-order valence-corrected chi connectivity index (χ1v) is 6.98. The maximum Gasteiger partial charge on any atom is 0.131 e. The van der Waals surface area contributed by atoms with Crippen LogP contribution in [0.3, 0.4) is 0 Å². The van der Waals surface area contributed by atoms with Gasteiger partial charge >= 0.3 is 0 Å². The Balaban J connectivity index is 1.74. The lowest BCUT2D eigenvalue weighted by molar-refractivity contribution is 0.0280. The van der Waals surface area contributed by atoms with Gasteiger partial charge in [0.25, 0.3) is 0 Å². The Morgan fingerprint density at radius 3 is 3.22 bits per heavy atom. The number of ether oxygens (including phenoxy) is 1. The SMILES string of the molecule is c1csc(-c2ccnc(CC3CNCCO3)n2)c1. The fraction of sp³-hybridized carbons (Fsp3) is 0.385. The Kier molecular flexibility index (Phi) is 3.64. The molecule has 0 radical (unpaired) electrons. The van der Waals surface area contributed by atoms with E-state index < -0.39 is 0 Å². The van der Waals surface area contributed by atoms with Crippen LogP contribution in [-0.4, -0.2) is 35.8 Å². The highest BCUT2D eigenvalue weighted by Gasteiger charge is 2.15. The first kappa shape index (κ1) is 11.8. The zero-order chi connectivity index (χ0) is 12.2. The van der Waals surface area contributed by atoms with Gasteiger partial charge in [-0.3, -0.25) is 0 Å². The molecule has 0 aliphatic carbocycles. The molecule has 1 unspecified atom stereocenters. The van der Waals surface area contributed by atoms with E-state index in [2.05, 4.69) is 26.7 Å². The summed E-state index contributed by atoms with van der Waals surface area (Å²) in [7, 11) is 0. The van der Waals surface area contributed by atoms with Crippen LogP contribution in [0.5, 0.6) is 0 Å². The van der Waals surface area contributed by atoms with Crippen LogP contribution < -0.4 is 5.32 Å². The van der Waals surface area contributed by atoms with Crippen molar-refractivity contribution in [3.8, 4) is 10.6 Å². The van der Waals surface area contributed by atoms with Crippen LogP contribution in [0.2, 0.25) is 0 Å². The predicted molar refractivity (Wildman–Crippen MR) is 71.7 cm³/mol. The molecule has 0 saturated carbocycles. The number of rotatable bonds is 3. The highest BCUT2D eigenvalue weighted by molar-refractivity contribution is 7.13. The molecule has 2 aromatic rings. The summed E-state index contributed by atoms with van der Waals surface area (Å²) in [5.41, 5.74) is 0.999. The van der Waals surface area contributed by atoms with E-state index in [4.69, 9.17) is 4.74 Å². The number of hydrogen-bond acceptors (Lipinski definition) is 5. The summed E-state index contributed by atoms with van der Waals surface area (Å²) in [6.07, 6.45) is 2.79. The van der Waals surface area contributed by atoms with Gasteiger partial charge in [0.05, 0.1) is 23.3 Å². The van der Waals surface area contributed by atoms with E-state index in [1.54, 1.807) is 11.3 Å². The van der Waals surface area contributed by atoms with Crippen molar-refractivity contribution in [3.63, 3.8) is 0 Å². The summed E-state index contributed by atoms with van der Waals surface area (Å²) in [5.74, 6) is 0.856. The summed E-state index contributed by atoms with van der Waals surface area (Å²) in [6, 6.07) is 6.07. The molecule has 94 valence electrons. The Labute approximate surface area is 110 Å². The van der Waals surface area contributed by atoms with E-state index in [9.17, 15) is 0 Å². The molecule has 3 rings (SSSR count). The number of hydrogen-bond donors (Lipinski definition) is 1. The van der Waals surface area contributed by atoms with Crippen LogP contribution in [0.4, 0.5) is 0 Å². The van der Waals surface area contributed by atoms with Crippen LogP contribution in [0, 0.1) is 0 Å². The molecule has 1 fully saturated rings. The molecule has 0 spiro atoms. The number of nitrogens with zero attached hydrogens (tertiary/aromatic N) is 2. The largest absolute Gasteiger partial charge is 0.375 e. The molecule has 1 saturated heterocycles. The zero-order valence-electron chi connectivity index (χ0n) is 10.0. The van der Waals surface area contributed by atoms with Gasteiger partial charge in [-0.15, -0.1) is 11.3 Å². The highest BCUT2D eigenvalue weighted by Crippen LogP contribution is 2.22. The standard InChI is InChI=1S/C13H15N3OS/c1-2-12(18-7-1)11-3-4-15-13(16-11)8-10-9-14-5-6-17-10/h1-4,7,10,14H,5-6,8-9H2. The van der Waals surface area contributed by atoms with E-state index in [1.165, 1.54) is 4.88 Å². The molecule has 1 aliphatic rings. The third-order valence-corrected chi connectivity index (χ3v) is 3.79. The molecule has 0 aromatic carbocycles. The van der Waals surface area contributed by atoms with Gasteiger partial charge in [-0.1, -0.05) is 6.07 Å². The predicted octanol–water partition coefficient (Wildman–Crippen LogP) is 1.74. The average molecular weight is 261 g/mol. The second-order valence-electron chi connectivity index (χ2n) is 4.24. The van der Waals surface area contributed by atoms with Crippen molar-refractivity contribution in [3.05, 3.63) is 35.6 Å². The molecular formula is C13H15N3OS. The lowest BCUT2D eigenvalue weighted by Crippen LogP contribution is -2.39. The number of aromatic nitrogens is 2. The first-order chi connectivity index (χ1) is 8.92. The molecule has 5 heteroatoms. The zero-order valence-corrected chi connectivity index (χ0v) is 10.8. The lowest BCUT2D eigenvalue weighted by atomic mass is 10.2. The van der Waals surface area contributed by atoms with E-state index in [1.807, 2.05) is 18.3 Å². The average Bonchev–Trinajstić information content (AvgIpc) is 2.94. The Morgan fingerprint density at radius 1 is 1.44 bits per heavy atom. The third-order valence-electron chi connectivity index (χ3n) is 2.89. The highest BCUT2D eigenvalue weighted by atomic mass is 32.1. The van der Waals surface area contributed by atoms with Crippen LogP contribution in [0.15, 0.2) is 29.8 Å². The summed E-state index contributed by atoms with van der Waals surface area (Å²) < 4.78 is 5.67. The minimum atomic E-state index is 0.192. The van der Waals surface area contributed by atoms with E-state index in [0.717, 1.165) is 37.6 Å². The van der Waals surface area contributed by atoms with E-state index in [-0.39, 0.29) is 6.10 Å². The van der Waals surface area contributed by atoms with Gasteiger partial charge in [-0.2, -0.15) is 0 Å². The summed E-state index contributed by atoms with van der Waals surface area (Å²) >= 11 is 1.70. The van der Waals surface area contributed by atoms with Gasteiger partial charge < -0.3 is 10.1 Å². The van der Waals surface area contributed by atoms with Crippen molar-refractivity contribution >= 4 is 11.3 Å². The van der Waals surface area contributed by atoms with Gasteiger partial charge in [0.15, 0.2) is 0 Å². The maximum atomic E-state index is 5.67. The van der Waals surface area contributed by atoms with E-state index >= 15 is 0 Å². The molecule has 0 amide bonds. The number of thiophene rings is 1. The molecule has 1 N–H and O–H groups in total. The lowest BCUT2D eigenvalue weighted by Gasteiger charge is -2.22. The monoisotopic (exact) mass is 261 g/mol. The molecule has 3 heterocycles. The Bertz CT molecular complexity index is 495. The van der Waals surface area contributed by atoms with Gasteiger partial charge in [0, 0.05) is 25.7 Å². The molecule has 0 bridgehead atoms. The molecular weight excluding hydrogens is 246 g/mol. The minimum Gasteiger partial charge on any atom is -0.375 e. The summed E-state index contributed by atoms with van der Waals surface area (Å²) in [5, 5.41) is 5.38. The molecule has 4 nitrogen and oxygen atoms in total. The van der Waals surface area contributed by atoms with Crippen molar-refractivity contribution in [2.24, 2.45) is 0 Å². The fourth-order valence-electron chi connectivity index (χ4n) is 2.01. The summed E-state index contributed by atoms with van der Waals surface area (Å²) in [4.78, 5) is 10.1. The molecule has 1 aliphatic heterocycles. The minimum absolute atomic E-state index is 0.192. The van der Waals surface area contributed by atoms with Crippen molar-refractivity contribution < 1.29 is 4.74 Å². The van der Waals surface area contributed by atoms with Gasteiger partial charge in [-0.25, -0.2) is 9.97 Å². The number of morpholine rings is 1. The molecule has 18 heavy (non-hydrogen) atoms. The number of nitrogens with one attached hydrogen (secondary N) is 1. The summed E-state index contributed by atoms with van der Waals surface area (Å²) in [6.45, 7) is 2.59. The maximum absolute atomic E-state index is 5.67. The van der Waals surface area contributed by atoms with Crippen LogP contribution in [0.1, 0.15) is 5.82 Å². The molecule has 2 aromatic heterocycles. The second-order valence-corrected chi connectivity index (χ2v) is 5.18. The first-order valence-electron chi connectivity index (χ1n) is 6.10. The van der Waals surface area contributed by atoms with Crippen molar-refractivity contribution in [1.29, 1.82) is 0 Å². The third kappa shape index (κ3) is 2.75. The van der Waals surface area contributed by atoms with Crippen LogP contribution >= 0.6 is 11.3 Å². The Hall–Kier alpha value is -1.30. The van der Waals surface area contributed by atoms with Crippen LogP contribution in [-0.2, 0) is 11.2 Å². The quantitative estimate of drug-likeness (QED) is 0.914. The Morgan fingerprint density at radius 2 is 2.44 bits per heavy atom. The van der Waals surface area contributed by atoms with E-state index in [0.29, 0.717) is 0 Å². The fourth-order valence-corrected chi connectivity index (χ4v) is 2.71. The van der Waals surface area contributed by atoms with Crippen LogP contribution in [0.25, 0.3) is 10.6 Å². The van der Waals surface area contributed by atoms with Crippen molar-refractivity contribution in [2.75, 3.05) is 19.7 Å². The van der Waals surface area contributed by atoms with Gasteiger partial charge in [0.2, 0.25) is 0 Å². The van der Waals surface area contributed by atoms with Gasteiger partial charge in [0.1, 0.15) is 5.82 Å². The van der Waals surface area contributed by atoms with Crippen molar-refractivity contribution in [1.82, 2.24) is 15.3 Å². The topological polar surface area (TPSA) is 47.0 Å². The van der Waals surface area contributed by atoms with Gasteiger partial charge in [-0.05, 0) is 17.5 Å².